The predicted octanol–water partition coefficient (Wildman–Crippen LogP) is 2.84. The molecular formula is C24H29Cl2N3O5. The van der Waals surface area contributed by atoms with Crippen molar-refractivity contribution in [2.75, 3.05) is 53.5 Å². The molecule has 2 N–H and O–H groups in total. The summed E-state index contributed by atoms with van der Waals surface area (Å²) in [5.74, 6) is -1.68. The maximum Gasteiger partial charge on any atom is 0.328 e. The molecule has 0 bridgehead atoms. The highest BCUT2D eigenvalue weighted by Crippen LogP contribution is 2.42. The molecule has 1 atom stereocenters. The van der Waals surface area contributed by atoms with Gasteiger partial charge in [0.05, 0.1) is 17.7 Å². The summed E-state index contributed by atoms with van der Waals surface area (Å²) >= 11 is 12.6. The number of methoxy groups -OCH3 is 1. The molecule has 0 radical (unpaired) electrons. The van der Waals surface area contributed by atoms with Gasteiger partial charge in [-0.2, -0.15) is 0 Å². The Labute approximate surface area is 209 Å². The lowest BCUT2D eigenvalue weighted by Gasteiger charge is -2.32. The molecule has 0 saturated carbocycles. The zero-order valence-corrected chi connectivity index (χ0v) is 20.7. The summed E-state index contributed by atoms with van der Waals surface area (Å²) in [6, 6.07) is 9.50. The predicted molar refractivity (Wildman–Crippen MR) is 131 cm³/mol. The van der Waals surface area contributed by atoms with Gasteiger partial charge in [-0.15, -0.1) is 0 Å². The van der Waals surface area contributed by atoms with Gasteiger partial charge in [0, 0.05) is 39.1 Å². The van der Waals surface area contributed by atoms with E-state index in [1.54, 1.807) is 0 Å². The second kappa shape index (κ2) is 12.3. The number of carbonyl (C=O) groups excluding carboxylic acids is 2. The number of nitrogens with one attached hydrogen (secondary N) is 1. The molecule has 1 amide bonds. The van der Waals surface area contributed by atoms with Crippen LogP contribution < -0.4 is 10.1 Å². The normalized spacial score (nSPS) is 15.5. The Kier molecular flexibility index (Phi) is 9.41. The summed E-state index contributed by atoms with van der Waals surface area (Å²) in [6.45, 7) is 4.87. The number of carbonyl (C=O) groups is 2. The van der Waals surface area contributed by atoms with E-state index in [0.717, 1.165) is 31.7 Å². The fraction of sp³-hybridized carbons (Fsp3) is 0.417. The van der Waals surface area contributed by atoms with Crippen LogP contribution in [-0.4, -0.2) is 86.3 Å². The number of piperazine rings is 1. The second-order valence-corrected chi connectivity index (χ2v) is 8.92. The molecular weight excluding hydrogens is 481 g/mol. The van der Waals surface area contributed by atoms with E-state index in [0.29, 0.717) is 13.2 Å². The second-order valence-electron chi connectivity index (χ2n) is 8.13. The van der Waals surface area contributed by atoms with Gasteiger partial charge in [-0.05, 0) is 18.7 Å². The molecule has 34 heavy (non-hydrogen) atoms. The van der Waals surface area contributed by atoms with Gasteiger partial charge in [0.15, 0.2) is 11.5 Å². The summed E-state index contributed by atoms with van der Waals surface area (Å²) in [7, 11) is 3.33. The third kappa shape index (κ3) is 6.76. The Morgan fingerprint density at radius 2 is 1.82 bits per heavy atom. The molecule has 2 aromatic rings. The van der Waals surface area contributed by atoms with E-state index in [1.165, 1.54) is 13.2 Å². The summed E-state index contributed by atoms with van der Waals surface area (Å²) in [6.07, 6.45) is 0.217. The van der Waals surface area contributed by atoms with Crippen LogP contribution in [0.2, 0.25) is 10.0 Å². The van der Waals surface area contributed by atoms with Gasteiger partial charge in [-0.3, -0.25) is 9.69 Å². The minimum atomic E-state index is -0.962. The van der Waals surface area contributed by atoms with Gasteiger partial charge >= 0.3 is 5.97 Å². The Morgan fingerprint density at radius 3 is 2.47 bits per heavy atom. The number of amides is 1. The minimum absolute atomic E-state index is 0.0870. The van der Waals surface area contributed by atoms with Gasteiger partial charge in [-0.25, -0.2) is 4.79 Å². The number of benzene rings is 2. The molecule has 1 aliphatic heterocycles. The number of aromatic hydroxyl groups is 1. The molecule has 1 fully saturated rings. The summed E-state index contributed by atoms with van der Waals surface area (Å²) in [5.41, 5.74) is 0.672. The van der Waals surface area contributed by atoms with Crippen molar-refractivity contribution in [3.8, 4) is 11.5 Å². The first-order valence-electron chi connectivity index (χ1n) is 11.0. The van der Waals surface area contributed by atoms with Crippen LogP contribution in [0.15, 0.2) is 36.4 Å². The number of phenolic OH excluding ortho intramolecular Hbond substituents is 1. The van der Waals surface area contributed by atoms with Crippen molar-refractivity contribution < 1.29 is 24.2 Å². The Morgan fingerprint density at radius 1 is 1.15 bits per heavy atom. The molecule has 3 rings (SSSR count). The van der Waals surface area contributed by atoms with E-state index < -0.39 is 23.7 Å². The van der Waals surface area contributed by atoms with Crippen LogP contribution in [0.1, 0.15) is 15.9 Å². The molecule has 10 heteroatoms. The van der Waals surface area contributed by atoms with Gasteiger partial charge in [0.25, 0.3) is 5.91 Å². The molecule has 1 heterocycles. The van der Waals surface area contributed by atoms with Crippen molar-refractivity contribution >= 4 is 35.1 Å². The van der Waals surface area contributed by atoms with Gasteiger partial charge < -0.3 is 24.8 Å². The zero-order chi connectivity index (χ0) is 24.7. The number of nitrogens with zero attached hydrogens (tertiary/aromatic N) is 2. The van der Waals surface area contributed by atoms with Crippen molar-refractivity contribution in [1.82, 2.24) is 15.1 Å². The molecule has 0 unspecified atom stereocenters. The summed E-state index contributed by atoms with van der Waals surface area (Å²) in [4.78, 5) is 29.7. The summed E-state index contributed by atoms with van der Waals surface area (Å²) < 4.78 is 10.6. The number of halogens is 2. The highest BCUT2D eigenvalue weighted by molar-refractivity contribution is 6.39. The lowest BCUT2D eigenvalue weighted by molar-refractivity contribution is -0.142. The molecule has 184 valence electrons. The Hall–Kier alpha value is -2.52. The maximum atomic E-state index is 12.9. The van der Waals surface area contributed by atoms with Crippen LogP contribution in [0.3, 0.4) is 0 Å². The first-order chi connectivity index (χ1) is 16.3. The fourth-order valence-corrected chi connectivity index (χ4v) is 4.23. The Balaban J connectivity index is 1.68. The van der Waals surface area contributed by atoms with Crippen LogP contribution in [0.25, 0.3) is 0 Å². The highest BCUT2D eigenvalue weighted by atomic mass is 35.5. The smallest absolute Gasteiger partial charge is 0.328 e. The van der Waals surface area contributed by atoms with Gasteiger partial charge in [0.2, 0.25) is 0 Å². The SMILES string of the molecule is COC(=O)[C@H](Cc1ccccc1)NC(=O)c1cc(Cl)c(OCCN2CCN(C)CC2)c(Cl)c1O. The minimum Gasteiger partial charge on any atom is -0.505 e. The number of phenols is 1. The first-order valence-corrected chi connectivity index (χ1v) is 11.7. The zero-order valence-electron chi connectivity index (χ0n) is 19.2. The van der Waals surface area contributed by atoms with Gasteiger partial charge in [0.1, 0.15) is 17.7 Å². The maximum absolute atomic E-state index is 12.9. The number of rotatable bonds is 9. The van der Waals surface area contributed by atoms with E-state index >= 15 is 0 Å². The largest absolute Gasteiger partial charge is 0.505 e. The van der Waals surface area contributed by atoms with E-state index in [9.17, 15) is 14.7 Å². The van der Waals surface area contributed by atoms with E-state index in [1.807, 2.05) is 30.3 Å². The van der Waals surface area contributed by atoms with E-state index in [2.05, 4.69) is 22.2 Å². The van der Waals surface area contributed by atoms with Crippen molar-refractivity contribution in [2.24, 2.45) is 0 Å². The molecule has 1 saturated heterocycles. The first kappa shape index (κ1) is 26.1. The lowest BCUT2D eigenvalue weighted by Crippen LogP contribution is -2.45. The third-order valence-electron chi connectivity index (χ3n) is 5.72. The molecule has 0 aliphatic carbocycles. The summed E-state index contributed by atoms with van der Waals surface area (Å²) in [5, 5.41) is 13.1. The van der Waals surface area contributed by atoms with Crippen LogP contribution >= 0.6 is 23.2 Å². The third-order valence-corrected chi connectivity index (χ3v) is 6.35. The van der Waals surface area contributed by atoms with E-state index in [-0.39, 0.29) is 27.8 Å². The molecule has 2 aromatic carbocycles. The molecule has 1 aliphatic rings. The number of likely N-dealkylation sites (N-methyl/N-ethyl adjacent to an activating group) is 1. The van der Waals surface area contributed by atoms with Crippen molar-refractivity contribution in [1.29, 1.82) is 0 Å². The number of hydrogen-bond donors (Lipinski definition) is 2. The van der Waals surface area contributed by atoms with E-state index in [4.69, 9.17) is 32.7 Å². The highest BCUT2D eigenvalue weighted by Gasteiger charge is 2.27. The van der Waals surface area contributed by atoms with Crippen molar-refractivity contribution in [3.63, 3.8) is 0 Å². The topological polar surface area (TPSA) is 91.3 Å². The average molecular weight is 510 g/mol. The number of esters is 1. The average Bonchev–Trinajstić information content (AvgIpc) is 2.84. The van der Waals surface area contributed by atoms with Crippen LogP contribution in [-0.2, 0) is 16.0 Å². The molecule has 0 spiro atoms. The monoisotopic (exact) mass is 509 g/mol. The standard InChI is InChI=1S/C24H29Cl2N3O5/c1-28-8-10-29(11-9-28)12-13-34-22-18(25)15-17(21(30)20(22)26)23(31)27-19(24(32)33-2)14-16-6-4-3-5-7-16/h3-7,15,19,30H,8-14H2,1-2H3,(H,27,31)/t19-/m0/s1. The molecule has 8 nitrogen and oxygen atoms in total. The van der Waals surface area contributed by atoms with Crippen molar-refractivity contribution in [3.05, 3.63) is 57.6 Å². The van der Waals surface area contributed by atoms with Crippen LogP contribution in [0, 0.1) is 0 Å². The quantitative estimate of drug-likeness (QED) is 0.502. The van der Waals surface area contributed by atoms with Crippen LogP contribution in [0.4, 0.5) is 0 Å². The Bertz CT molecular complexity index is 998. The van der Waals surface area contributed by atoms with Crippen molar-refractivity contribution in [2.45, 2.75) is 12.5 Å². The number of hydrogen-bond acceptors (Lipinski definition) is 7. The lowest BCUT2D eigenvalue weighted by atomic mass is 10.1. The van der Waals surface area contributed by atoms with Crippen LogP contribution in [0.5, 0.6) is 11.5 Å². The number of ether oxygens (including phenoxy) is 2. The fourth-order valence-electron chi connectivity index (χ4n) is 3.67. The molecule has 0 aromatic heterocycles. The van der Waals surface area contributed by atoms with Gasteiger partial charge in [-0.1, -0.05) is 53.5 Å².